The molecule has 5 N–H and O–H groups in total. The van der Waals surface area contributed by atoms with Crippen LogP contribution in [0.15, 0.2) is 90.0 Å². The number of nitrogens with two attached hydrogens (primary N) is 1. The highest BCUT2D eigenvalue weighted by Crippen LogP contribution is 2.17. The summed E-state index contributed by atoms with van der Waals surface area (Å²) in [4.78, 5) is 0. The van der Waals surface area contributed by atoms with Gasteiger partial charge in [-0.25, -0.2) is 0 Å². The first kappa shape index (κ1) is 19.8. The minimum absolute atomic E-state index is 0.0423. The van der Waals surface area contributed by atoms with Crippen molar-refractivity contribution in [2.24, 2.45) is 5.73 Å². The van der Waals surface area contributed by atoms with Crippen molar-refractivity contribution in [3.8, 4) is 0 Å². The van der Waals surface area contributed by atoms with E-state index in [1.165, 1.54) is 11.3 Å². The SMILES string of the molecule is C=C(/C=C\NC1=CC=C(C)CC1)C(NC)/C(=C/CN)Nc1ccccc1. The van der Waals surface area contributed by atoms with Crippen molar-refractivity contribution in [3.63, 3.8) is 0 Å². The molecule has 0 saturated heterocycles. The third-order valence-corrected chi connectivity index (χ3v) is 4.29. The fourth-order valence-electron chi connectivity index (χ4n) is 2.81. The Labute approximate surface area is 157 Å². The van der Waals surface area contributed by atoms with E-state index >= 15 is 0 Å². The fourth-order valence-corrected chi connectivity index (χ4v) is 2.81. The summed E-state index contributed by atoms with van der Waals surface area (Å²) in [6.07, 6.45) is 12.4. The van der Waals surface area contributed by atoms with Gasteiger partial charge in [0.05, 0.1) is 6.04 Å². The first-order valence-electron chi connectivity index (χ1n) is 9.01. The third-order valence-electron chi connectivity index (χ3n) is 4.29. The average Bonchev–Trinajstić information content (AvgIpc) is 2.65. The summed E-state index contributed by atoms with van der Waals surface area (Å²) in [7, 11) is 1.92. The number of allylic oxidation sites excluding steroid dienone is 4. The van der Waals surface area contributed by atoms with E-state index in [4.69, 9.17) is 5.73 Å². The molecule has 1 aromatic carbocycles. The summed E-state index contributed by atoms with van der Waals surface area (Å²) < 4.78 is 0. The van der Waals surface area contributed by atoms with E-state index in [2.05, 4.69) is 41.6 Å². The summed E-state index contributed by atoms with van der Waals surface area (Å²) in [5.74, 6) is 0. The van der Waals surface area contributed by atoms with Crippen LogP contribution in [0, 0.1) is 0 Å². The zero-order valence-electron chi connectivity index (χ0n) is 15.8. The highest BCUT2D eigenvalue weighted by Gasteiger charge is 2.14. The molecule has 26 heavy (non-hydrogen) atoms. The fraction of sp³-hybridized carbons (Fsp3) is 0.273. The Morgan fingerprint density at radius 3 is 2.62 bits per heavy atom. The maximum Gasteiger partial charge on any atom is 0.0718 e. The van der Waals surface area contributed by atoms with Gasteiger partial charge in [-0.15, -0.1) is 0 Å². The van der Waals surface area contributed by atoms with Gasteiger partial charge in [-0.2, -0.15) is 0 Å². The minimum atomic E-state index is -0.0423. The Bertz CT molecular complexity index is 711. The molecule has 0 saturated carbocycles. The molecule has 0 spiro atoms. The molecule has 0 radical (unpaired) electrons. The molecule has 0 fully saturated rings. The van der Waals surface area contributed by atoms with Gasteiger partial charge in [0.2, 0.25) is 0 Å². The predicted octanol–water partition coefficient (Wildman–Crippen LogP) is 3.81. The number of rotatable bonds is 9. The number of hydrogen-bond acceptors (Lipinski definition) is 4. The minimum Gasteiger partial charge on any atom is -0.365 e. The van der Waals surface area contributed by atoms with Gasteiger partial charge < -0.3 is 21.7 Å². The van der Waals surface area contributed by atoms with Crippen LogP contribution in [0.25, 0.3) is 0 Å². The van der Waals surface area contributed by atoms with Gasteiger partial charge in [-0.05, 0) is 62.7 Å². The molecule has 0 amide bonds. The average molecular weight is 351 g/mol. The number of benzene rings is 1. The van der Waals surface area contributed by atoms with Crippen LogP contribution in [-0.4, -0.2) is 19.6 Å². The van der Waals surface area contributed by atoms with Crippen LogP contribution in [0.1, 0.15) is 19.8 Å². The Morgan fingerprint density at radius 1 is 1.23 bits per heavy atom. The van der Waals surface area contributed by atoms with Crippen LogP contribution < -0.4 is 21.7 Å². The Kier molecular flexibility index (Phi) is 7.93. The number of hydrogen-bond donors (Lipinski definition) is 4. The van der Waals surface area contributed by atoms with Crippen molar-refractivity contribution in [2.75, 3.05) is 18.9 Å². The molecule has 2 rings (SSSR count). The standard InChI is InChI=1S/C22H30N4/c1-17-9-11-19(12-10-17)25-16-14-18(2)22(24-3)21(13-15-23)26-20-7-5-4-6-8-20/h4-9,11,13-14,16,22,24-26H,2,10,12,15,23H2,1,3H3/b16-14-,21-13-. The molecule has 0 heterocycles. The van der Waals surface area contributed by atoms with E-state index in [0.717, 1.165) is 29.8 Å². The van der Waals surface area contributed by atoms with E-state index in [0.29, 0.717) is 6.54 Å². The highest BCUT2D eigenvalue weighted by molar-refractivity contribution is 5.51. The molecule has 1 unspecified atom stereocenters. The number of nitrogens with one attached hydrogen (secondary N) is 3. The first-order valence-corrected chi connectivity index (χ1v) is 9.01. The summed E-state index contributed by atoms with van der Waals surface area (Å²) >= 11 is 0. The van der Waals surface area contributed by atoms with E-state index in [1.54, 1.807) is 0 Å². The second-order valence-corrected chi connectivity index (χ2v) is 6.37. The smallest absolute Gasteiger partial charge is 0.0718 e. The van der Waals surface area contributed by atoms with Crippen LogP contribution in [-0.2, 0) is 0 Å². The lowest BCUT2D eigenvalue weighted by atomic mass is 10.0. The Morgan fingerprint density at radius 2 is 2.00 bits per heavy atom. The molecule has 1 aromatic rings. The summed E-state index contributed by atoms with van der Waals surface area (Å²) in [6.45, 7) is 6.84. The quantitative estimate of drug-likeness (QED) is 0.512. The van der Waals surface area contributed by atoms with Gasteiger partial charge in [0.25, 0.3) is 0 Å². The van der Waals surface area contributed by atoms with E-state index < -0.39 is 0 Å². The monoisotopic (exact) mass is 350 g/mol. The maximum absolute atomic E-state index is 5.77. The molecule has 0 bridgehead atoms. The Hall–Kier alpha value is -2.56. The lowest BCUT2D eigenvalue weighted by molar-refractivity contribution is 0.729. The first-order chi connectivity index (χ1) is 12.6. The summed E-state index contributed by atoms with van der Waals surface area (Å²) in [5.41, 5.74) is 11.4. The third kappa shape index (κ3) is 6.06. The number of para-hydroxylation sites is 1. The van der Waals surface area contributed by atoms with Gasteiger partial charge in [0.1, 0.15) is 0 Å². The second-order valence-electron chi connectivity index (χ2n) is 6.37. The van der Waals surface area contributed by atoms with Gasteiger partial charge >= 0.3 is 0 Å². The maximum atomic E-state index is 5.77. The molecule has 0 aliphatic heterocycles. The highest BCUT2D eigenvalue weighted by atomic mass is 15.0. The molecular weight excluding hydrogens is 320 g/mol. The number of anilines is 1. The molecule has 1 atom stereocenters. The van der Waals surface area contributed by atoms with Crippen LogP contribution in [0.5, 0.6) is 0 Å². The lowest BCUT2D eigenvalue weighted by Crippen LogP contribution is -2.32. The molecule has 0 aromatic heterocycles. The second kappa shape index (κ2) is 10.4. The largest absolute Gasteiger partial charge is 0.365 e. The van der Waals surface area contributed by atoms with Crippen LogP contribution in [0.2, 0.25) is 0 Å². The van der Waals surface area contributed by atoms with Gasteiger partial charge in [0, 0.05) is 29.8 Å². The van der Waals surface area contributed by atoms with Crippen LogP contribution in [0.4, 0.5) is 5.69 Å². The predicted molar refractivity (Wildman–Crippen MR) is 113 cm³/mol. The van der Waals surface area contributed by atoms with Crippen molar-refractivity contribution in [1.29, 1.82) is 0 Å². The van der Waals surface area contributed by atoms with Crippen molar-refractivity contribution in [3.05, 3.63) is 90.0 Å². The van der Waals surface area contributed by atoms with Gasteiger partial charge in [-0.3, -0.25) is 0 Å². The zero-order chi connectivity index (χ0) is 18.8. The lowest BCUT2D eigenvalue weighted by Gasteiger charge is -2.22. The van der Waals surface area contributed by atoms with Crippen molar-refractivity contribution < 1.29 is 0 Å². The topological polar surface area (TPSA) is 62.1 Å². The van der Waals surface area contributed by atoms with E-state index in [9.17, 15) is 0 Å². The molecular formula is C22H30N4. The van der Waals surface area contributed by atoms with E-state index in [1.807, 2.05) is 55.7 Å². The van der Waals surface area contributed by atoms with Crippen LogP contribution in [0.3, 0.4) is 0 Å². The molecule has 4 nitrogen and oxygen atoms in total. The van der Waals surface area contributed by atoms with Gasteiger partial charge in [-0.1, -0.05) is 36.4 Å². The normalized spacial score (nSPS) is 16.0. The molecule has 4 heteroatoms. The van der Waals surface area contributed by atoms with Crippen molar-refractivity contribution in [2.45, 2.75) is 25.8 Å². The Balaban J connectivity index is 2.03. The van der Waals surface area contributed by atoms with Gasteiger partial charge in [0.15, 0.2) is 0 Å². The molecule has 1 aliphatic carbocycles. The number of likely N-dealkylation sites (N-methyl/N-ethyl adjacent to an activating group) is 1. The van der Waals surface area contributed by atoms with Crippen molar-refractivity contribution in [1.82, 2.24) is 10.6 Å². The zero-order valence-corrected chi connectivity index (χ0v) is 15.8. The van der Waals surface area contributed by atoms with Crippen LogP contribution >= 0.6 is 0 Å². The summed E-state index contributed by atoms with van der Waals surface area (Å²) in [6, 6.07) is 10.0. The van der Waals surface area contributed by atoms with Crippen molar-refractivity contribution >= 4 is 5.69 Å². The molecule has 138 valence electrons. The summed E-state index contributed by atoms with van der Waals surface area (Å²) in [5, 5.41) is 10.1. The van der Waals surface area contributed by atoms with E-state index in [-0.39, 0.29) is 6.04 Å². The molecule has 1 aliphatic rings.